The molecule has 140 valence electrons. The van der Waals surface area contributed by atoms with Crippen molar-refractivity contribution < 1.29 is 4.42 Å². The van der Waals surface area contributed by atoms with Gasteiger partial charge < -0.3 is 4.42 Å². The van der Waals surface area contributed by atoms with Gasteiger partial charge in [-0.25, -0.2) is 14.5 Å². The molecule has 0 saturated heterocycles. The highest BCUT2D eigenvalue weighted by Crippen LogP contribution is 2.26. The summed E-state index contributed by atoms with van der Waals surface area (Å²) in [6, 6.07) is 7.48. The number of aryl methyl sites for hydroxylation is 2. The fourth-order valence-corrected chi connectivity index (χ4v) is 3.38. The van der Waals surface area contributed by atoms with Crippen molar-refractivity contribution in [1.29, 1.82) is 0 Å². The zero-order valence-electron chi connectivity index (χ0n) is 15.5. The fraction of sp³-hybridized carbons (Fsp3) is 0.200. The molecule has 0 aliphatic carbocycles. The molecule has 0 bridgehead atoms. The normalized spacial score (nSPS) is 11.6. The number of aromatic amines is 1. The number of hydrogen-bond donors (Lipinski definition) is 1. The molecule has 28 heavy (non-hydrogen) atoms. The Balaban J connectivity index is 1.68. The number of H-pyrrole nitrogens is 1. The Hall–Kier alpha value is -3.68. The molecule has 8 heteroatoms. The topological polar surface area (TPSA) is 94.0 Å². The molecule has 0 aliphatic rings. The zero-order valence-corrected chi connectivity index (χ0v) is 15.5. The first kappa shape index (κ1) is 16.5. The first-order valence-corrected chi connectivity index (χ1v) is 9.20. The summed E-state index contributed by atoms with van der Waals surface area (Å²) < 4.78 is 9.07. The van der Waals surface area contributed by atoms with Crippen LogP contribution in [0.3, 0.4) is 0 Å². The van der Waals surface area contributed by atoms with Crippen LogP contribution in [0.15, 0.2) is 52.1 Å². The molecular formula is C20H18N6O2. The summed E-state index contributed by atoms with van der Waals surface area (Å²) in [5, 5.41) is 8.32. The number of benzene rings is 1. The maximum atomic E-state index is 12.6. The van der Waals surface area contributed by atoms with Gasteiger partial charge in [0.1, 0.15) is 5.76 Å². The monoisotopic (exact) mass is 374 g/mol. The van der Waals surface area contributed by atoms with E-state index in [1.807, 2.05) is 36.0 Å². The van der Waals surface area contributed by atoms with Crippen molar-refractivity contribution in [2.24, 2.45) is 0 Å². The number of rotatable bonds is 4. The van der Waals surface area contributed by atoms with E-state index in [0.717, 1.165) is 35.2 Å². The second-order valence-electron chi connectivity index (χ2n) is 6.54. The highest BCUT2D eigenvalue weighted by atomic mass is 16.4. The third kappa shape index (κ3) is 2.45. The largest absolute Gasteiger partial charge is 0.441 e. The minimum Gasteiger partial charge on any atom is -0.441 e. The van der Waals surface area contributed by atoms with Gasteiger partial charge in [-0.05, 0) is 19.1 Å². The summed E-state index contributed by atoms with van der Waals surface area (Å²) in [6.45, 7) is 4.85. The Kier molecular flexibility index (Phi) is 3.65. The van der Waals surface area contributed by atoms with Gasteiger partial charge in [0.25, 0.3) is 5.56 Å². The molecule has 5 aromatic rings. The van der Waals surface area contributed by atoms with Gasteiger partial charge in [-0.2, -0.15) is 5.10 Å². The summed E-state index contributed by atoms with van der Waals surface area (Å²) in [5.41, 5.74) is 3.45. The van der Waals surface area contributed by atoms with E-state index in [-0.39, 0.29) is 5.56 Å². The van der Waals surface area contributed by atoms with Crippen LogP contribution in [0.1, 0.15) is 19.6 Å². The minimum absolute atomic E-state index is 0.196. The van der Waals surface area contributed by atoms with E-state index < -0.39 is 0 Å². The van der Waals surface area contributed by atoms with Crippen LogP contribution in [-0.4, -0.2) is 29.4 Å². The van der Waals surface area contributed by atoms with Crippen LogP contribution in [-0.2, 0) is 13.0 Å². The number of hydrogen-bond acceptors (Lipinski definition) is 5. The van der Waals surface area contributed by atoms with E-state index in [0.29, 0.717) is 22.8 Å². The van der Waals surface area contributed by atoms with Crippen LogP contribution in [0, 0.1) is 0 Å². The van der Waals surface area contributed by atoms with Crippen LogP contribution in [0.25, 0.3) is 39.3 Å². The molecule has 0 spiro atoms. The Labute approximate surface area is 159 Å². The van der Waals surface area contributed by atoms with Crippen molar-refractivity contribution in [3.63, 3.8) is 0 Å². The van der Waals surface area contributed by atoms with Gasteiger partial charge >= 0.3 is 0 Å². The number of aromatic nitrogens is 6. The molecule has 5 rings (SSSR count). The Morgan fingerprint density at radius 1 is 1.18 bits per heavy atom. The molecule has 8 nitrogen and oxygen atoms in total. The third-order valence-corrected chi connectivity index (χ3v) is 4.87. The minimum atomic E-state index is -0.196. The molecule has 0 saturated carbocycles. The van der Waals surface area contributed by atoms with E-state index in [9.17, 15) is 4.79 Å². The lowest BCUT2D eigenvalue weighted by Gasteiger charge is -2.04. The quantitative estimate of drug-likeness (QED) is 0.521. The van der Waals surface area contributed by atoms with Crippen LogP contribution < -0.4 is 5.56 Å². The highest BCUT2D eigenvalue weighted by molar-refractivity contribution is 5.84. The number of nitrogens with one attached hydrogen (secondary N) is 1. The van der Waals surface area contributed by atoms with Crippen molar-refractivity contribution in [1.82, 2.24) is 29.4 Å². The predicted octanol–water partition coefficient (Wildman–Crippen LogP) is 3.28. The molecule has 0 fully saturated rings. The average molecular weight is 374 g/mol. The van der Waals surface area contributed by atoms with Gasteiger partial charge in [0.2, 0.25) is 5.89 Å². The first-order valence-electron chi connectivity index (χ1n) is 9.20. The van der Waals surface area contributed by atoms with Crippen LogP contribution in [0.4, 0.5) is 0 Å². The zero-order chi connectivity index (χ0) is 19.3. The molecule has 1 aromatic carbocycles. The van der Waals surface area contributed by atoms with Crippen molar-refractivity contribution in [2.75, 3.05) is 0 Å². The van der Waals surface area contributed by atoms with E-state index >= 15 is 0 Å². The van der Waals surface area contributed by atoms with E-state index in [1.54, 1.807) is 12.4 Å². The summed E-state index contributed by atoms with van der Waals surface area (Å²) in [5.74, 6) is 1.23. The van der Waals surface area contributed by atoms with Crippen molar-refractivity contribution in [2.45, 2.75) is 26.8 Å². The lowest BCUT2D eigenvalue weighted by molar-refractivity contribution is 0.525. The molecule has 0 unspecified atom stereocenters. The lowest BCUT2D eigenvalue weighted by atomic mass is 10.1. The fourth-order valence-electron chi connectivity index (χ4n) is 3.38. The first-order chi connectivity index (χ1) is 13.7. The summed E-state index contributed by atoms with van der Waals surface area (Å²) >= 11 is 0. The van der Waals surface area contributed by atoms with Crippen molar-refractivity contribution in [3.05, 3.63) is 59.0 Å². The molecule has 0 amide bonds. The van der Waals surface area contributed by atoms with Crippen molar-refractivity contribution in [3.8, 4) is 22.7 Å². The standard InChI is InChI=1S/C20H18N6O2/c1-3-14-10-21-20(28-14)15-11-23-26-18(27)8-16(24-19(15)26)12-5-6-17-13(7-12)9-22-25(17)4-2/h5-11,23H,3-4H2,1-2H3. The predicted molar refractivity (Wildman–Crippen MR) is 105 cm³/mol. The summed E-state index contributed by atoms with van der Waals surface area (Å²) in [4.78, 5) is 21.6. The average Bonchev–Trinajstić information content (AvgIpc) is 3.44. The van der Waals surface area contributed by atoms with Gasteiger partial charge in [-0.3, -0.25) is 14.6 Å². The molecule has 0 atom stereocenters. The second kappa shape index (κ2) is 6.19. The maximum Gasteiger partial charge on any atom is 0.273 e. The van der Waals surface area contributed by atoms with Crippen LogP contribution in [0.5, 0.6) is 0 Å². The smallest absolute Gasteiger partial charge is 0.273 e. The SMILES string of the molecule is CCc1cnc(-c2c[nH]n3c(=O)cc(-c4ccc5c(cnn5CC)c4)nc23)o1. The van der Waals surface area contributed by atoms with Crippen molar-refractivity contribution >= 4 is 16.6 Å². The Morgan fingerprint density at radius 3 is 2.86 bits per heavy atom. The van der Waals surface area contributed by atoms with Crippen LogP contribution >= 0.6 is 0 Å². The van der Waals surface area contributed by atoms with Gasteiger partial charge in [0.05, 0.1) is 29.2 Å². The van der Waals surface area contributed by atoms with E-state index in [1.165, 1.54) is 10.6 Å². The van der Waals surface area contributed by atoms with Gasteiger partial charge in [-0.1, -0.05) is 13.0 Å². The van der Waals surface area contributed by atoms with Gasteiger partial charge in [-0.15, -0.1) is 0 Å². The van der Waals surface area contributed by atoms with E-state index in [2.05, 4.69) is 22.1 Å². The molecule has 4 heterocycles. The van der Waals surface area contributed by atoms with E-state index in [4.69, 9.17) is 9.40 Å². The second-order valence-corrected chi connectivity index (χ2v) is 6.54. The van der Waals surface area contributed by atoms with Gasteiger partial charge in [0.15, 0.2) is 5.65 Å². The number of oxazole rings is 1. The molecule has 4 aromatic heterocycles. The Bertz CT molecular complexity index is 1370. The highest BCUT2D eigenvalue weighted by Gasteiger charge is 2.16. The lowest BCUT2D eigenvalue weighted by Crippen LogP contribution is -2.14. The molecule has 1 N–H and O–H groups in total. The van der Waals surface area contributed by atoms with Crippen LogP contribution in [0.2, 0.25) is 0 Å². The molecule has 0 radical (unpaired) electrons. The summed E-state index contributed by atoms with van der Waals surface area (Å²) in [7, 11) is 0. The third-order valence-electron chi connectivity index (χ3n) is 4.87. The maximum absolute atomic E-state index is 12.6. The van der Waals surface area contributed by atoms with Gasteiger partial charge in [0, 0.05) is 36.2 Å². The summed E-state index contributed by atoms with van der Waals surface area (Å²) in [6.07, 6.45) is 5.96. The number of fused-ring (bicyclic) bond motifs is 2. The number of nitrogens with zero attached hydrogens (tertiary/aromatic N) is 5. The molecular weight excluding hydrogens is 356 g/mol. The molecule has 0 aliphatic heterocycles. The Morgan fingerprint density at radius 2 is 2.07 bits per heavy atom.